The standard InChI is InChI=1S/C15H21O/c1-10(2)12-7-11(3)8-14(13(12)9-16)15(4,5)6/h7-8,10H,1-6H3/q+1. The first kappa shape index (κ1) is 12.9. The minimum Gasteiger partial charge on any atom is -0.141 e. The second-order valence-electron chi connectivity index (χ2n) is 5.78. The average Bonchev–Trinajstić information content (AvgIpc) is 2.14. The molecule has 0 N–H and O–H groups in total. The van der Waals surface area contributed by atoms with E-state index in [0.29, 0.717) is 5.92 Å². The number of hydrogen-bond donors (Lipinski definition) is 0. The molecule has 1 aromatic carbocycles. The molecule has 1 nitrogen and oxygen atoms in total. The quantitative estimate of drug-likeness (QED) is 0.687. The Balaban J connectivity index is 3.55. The van der Waals surface area contributed by atoms with Crippen molar-refractivity contribution in [2.24, 2.45) is 0 Å². The van der Waals surface area contributed by atoms with Gasteiger partial charge in [-0.15, -0.1) is 4.79 Å². The van der Waals surface area contributed by atoms with E-state index in [4.69, 9.17) is 0 Å². The topological polar surface area (TPSA) is 17.1 Å². The predicted molar refractivity (Wildman–Crippen MR) is 68.8 cm³/mol. The summed E-state index contributed by atoms with van der Waals surface area (Å²) in [5.41, 5.74) is 4.18. The van der Waals surface area contributed by atoms with Gasteiger partial charge in [-0.2, -0.15) is 0 Å². The van der Waals surface area contributed by atoms with Crippen LogP contribution in [0.4, 0.5) is 0 Å². The van der Waals surface area contributed by atoms with E-state index < -0.39 is 0 Å². The fourth-order valence-electron chi connectivity index (χ4n) is 1.98. The smallest absolute Gasteiger partial charge is 0.141 e. The van der Waals surface area contributed by atoms with E-state index in [1.165, 1.54) is 5.56 Å². The number of hydrogen-bond acceptors (Lipinski definition) is 1. The molecule has 86 valence electrons. The number of rotatable bonds is 2. The van der Waals surface area contributed by atoms with Gasteiger partial charge in [0.25, 0.3) is 0 Å². The highest BCUT2D eigenvalue weighted by molar-refractivity contribution is 5.81. The Morgan fingerprint density at radius 2 is 1.75 bits per heavy atom. The Morgan fingerprint density at radius 1 is 1.19 bits per heavy atom. The summed E-state index contributed by atoms with van der Waals surface area (Å²) in [4.78, 5) is 11.2. The summed E-state index contributed by atoms with van der Waals surface area (Å²) in [7, 11) is 0. The zero-order valence-corrected chi connectivity index (χ0v) is 11.1. The molecule has 0 bridgehead atoms. The van der Waals surface area contributed by atoms with Gasteiger partial charge in [0.05, 0.1) is 11.1 Å². The summed E-state index contributed by atoms with van der Waals surface area (Å²) in [6, 6.07) is 4.20. The number of carbonyl (C=O) groups excluding carboxylic acids is 1. The molecular weight excluding hydrogens is 196 g/mol. The lowest BCUT2D eigenvalue weighted by Gasteiger charge is -2.17. The van der Waals surface area contributed by atoms with E-state index in [1.807, 2.05) is 0 Å². The maximum absolute atomic E-state index is 11.2. The molecule has 1 aromatic rings. The molecule has 0 aromatic heterocycles. The molecule has 1 rings (SSSR count). The Kier molecular flexibility index (Phi) is 3.50. The van der Waals surface area contributed by atoms with Crippen LogP contribution in [0.1, 0.15) is 62.8 Å². The van der Waals surface area contributed by atoms with Crippen LogP contribution >= 0.6 is 0 Å². The van der Waals surface area contributed by atoms with Gasteiger partial charge < -0.3 is 0 Å². The molecule has 1 heteroatoms. The maximum atomic E-state index is 11.2. The van der Waals surface area contributed by atoms with Gasteiger partial charge in [-0.1, -0.05) is 0 Å². The fourth-order valence-corrected chi connectivity index (χ4v) is 1.98. The first-order chi connectivity index (χ1) is 7.27. The van der Waals surface area contributed by atoms with Crippen molar-refractivity contribution in [2.45, 2.75) is 52.9 Å². The molecule has 0 aliphatic rings. The second kappa shape index (κ2) is 4.35. The van der Waals surface area contributed by atoms with Crippen LogP contribution in [0.3, 0.4) is 0 Å². The van der Waals surface area contributed by atoms with E-state index in [9.17, 15) is 4.79 Å². The van der Waals surface area contributed by atoms with Gasteiger partial charge in [-0.25, -0.2) is 0 Å². The van der Waals surface area contributed by atoms with Crippen molar-refractivity contribution in [3.63, 3.8) is 0 Å². The summed E-state index contributed by atoms with van der Waals surface area (Å²) in [6.07, 6.45) is 2.13. The summed E-state index contributed by atoms with van der Waals surface area (Å²) in [6.45, 7) is 12.7. The third kappa shape index (κ3) is 2.48. The normalized spacial score (nSPS) is 11.7. The van der Waals surface area contributed by atoms with Gasteiger partial charge in [0.1, 0.15) is 0 Å². The first-order valence-electron chi connectivity index (χ1n) is 5.80. The molecule has 0 saturated carbocycles. The molecular formula is C15H21O+. The van der Waals surface area contributed by atoms with Crippen LogP contribution in [0.25, 0.3) is 0 Å². The van der Waals surface area contributed by atoms with Crippen LogP contribution in [0.15, 0.2) is 12.1 Å². The van der Waals surface area contributed by atoms with Gasteiger partial charge in [0.2, 0.25) is 5.56 Å². The van der Waals surface area contributed by atoms with Crippen molar-refractivity contribution >= 4 is 6.29 Å². The lowest BCUT2D eigenvalue weighted by molar-refractivity contribution is 0.554. The van der Waals surface area contributed by atoms with E-state index in [-0.39, 0.29) is 5.41 Å². The molecule has 0 radical (unpaired) electrons. The van der Waals surface area contributed by atoms with Crippen LogP contribution in [0.2, 0.25) is 0 Å². The summed E-state index contributed by atoms with van der Waals surface area (Å²) in [5, 5.41) is 0. The molecule has 0 fully saturated rings. The molecule has 16 heavy (non-hydrogen) atoms. The minimum atomic E-state index is -0.0115. The molecule has 0 atom stereocenters. The Bertz CT molecular complexity index is 395. The lowest BCUT2D eigenvalue weighted by Crippen LogP contribution is -2.16. The van der Waals surface area contributed by atoms with Gasteiger partial charge in [-0.05, 0) is 47.1 Å². The van der Waals surface area contributed by atoms with Crippen LogP contribution in [0.5, 0.6) is 0 Å². The van der Waals surface area contributed by atoms with Crippen molar-refractivity contribution in [1.82, 2.24) is 0 Å². The van der Waals surface area contributed by atoms with Crippen molar-refractivity contribution in [2.75, 3.05) is 0 Å². The third-order valence-corrected chi connectivity index (χ3v) is 2.85. The van der Waals surface area contributed by atoms with Gasteiger partial charge in [0, 0.05) is 23.5 Å². The molecule has 0 spiro atoms. The van der Waals surface area contributed by atoms with Crippen LogP contribution < -0.4 is 0 Å². The molecule has 0 unspecified atom stereocenters. The van der Waals surface area contributed by atoms with E-state index >= 15 is 0 Å². The molecule has 0 heterocycles. The van der Waals surface area contributed by atoms with Crippen LogP contribution in [0, 0.1) is 6.92 Å². The number of benzene rings is 1. The fraction of sp³-hybridized carbons (Fsp3) is 0.533. The predicted octanol–water partition coefficient (Wildman–Crippen LogP) is 3.87. The average molecular weight is 217 g/mol. The summed E-state index contributed by atoms with van der Waals surface area (Å²) < 4.78 is 0. The molecule has 0 amide bonds. The Hall–Kier alpha value is -1.20. The Labute approximate surface area is 98.9 Å². The highest BCUT2D eigenvalue weighted by Gasteiger charge is 2.30. The van der Waals surface area contributed by atoms with Gasteiger partial charge in [0.15, 0.2) is 0 Å². The third-order valence-electron chi connectivity index (χ3n) is 2.85. The SMILES string of the molecule is Cc1cc(C(C)C)c([C+]=O)c(C(C)(C)C)c1. The van der Waals surface area contributed by atoms with E-state index in [0.717, 1.165) is 16.7 Å². The van der Waals surface area contributed by atoms with Crippen molar-refractivity contribution in [1.29, 1.82) is 0 Å². The van der Waals surface area contributed by atoms with Crippen molar-refractivity contribution in [3.8, 4) is 0 Å². The first-order valence-corrected chi connectivity index (χ1v) is 5.80. The summed E-state index contributed by atoms with van der Waals surface area (Å²) >= 11 is 0. The highest BCUT2D eigenvalue weighted by Crippen LogP contribution is 2.31. The van der Waals surface area contributed by atoms with Crippen molar-refractivity contribution in [3.05, 3.63) is 34.4 Å². The van der Waals surface area contributed by atoms with Crippen LogP contribution in [-0.2, 0) is 10.2 Å². The second-order valence-corrected chi connectivity index (χ2v) is 5.78. The maximum Gasteiger partial charge on any atom is 0.303 e. The molecule has 0 aliphatic heterocycles. The zero-order valence-electron chi connectivity index (χ0n) is 11.1. The monoisotopic (exact) mass is 217 g/mol. The van der Waals surface area contributed by atoms with E-state index in [2.05, 4.69) is 60.0 Å². The Morgan fingerprint density at radius 3 is 2.12 bits per heavy atom. The number of aryl methyl sites for hydroxylation is 1. The van der Waals surface area contributed by atoms with Gasteiger partial charge in [-0.3, -0.25) is 0 Å². The minimum absolute atomic E-state index is 0.0115. The summed E-state index contributed by atoms with van der Waals surface area (Å²) in [5.74, 6) is 0.359. The van der Waals surface area contributed by atoms with Crippen LogP contribution in [-0.4, -0.2) is 6.29 Å². The highest BCUT2D eigenvalue weighted by atomic mass is 16.1. The molecule has 0 aliphatic carbocycles. The van der Waals surface area contributed by atoms with Gasteiger partial charge >= 0.3 is 6.29 Å². The zero-order chi connectivity index (χ0) is 12.5. The van der Waals surface area contributed by atoms with Crippen molar-refractivity contribution < 1.29 is 4.79 Å². The van der Waals surface area contributed by atoms with E-state index in [1.54, 1.807) is 0 Å². The lowest BCUT2D eigenvalue weighted by atomic mass is 9.80. The molecule has 0 saturated heterocycles. The largest absolute Gasteiger partial charge is 0.303 e.